The van der Waals surface area contributed by atoms with Crippen molar-refractivity contribution in [2.45, 2.75) is 58.6 Å². The summed E-state index contributed by atoms with van der Waals surface area (Å²) in [5, 5.41) is 3.02. The Bertz CT molecular complexity index is 1110. The van der Waals surface area contributed by atoms with Gasteiger partial charge in [0.15, 0.2) is 0 Å². The molecular formula is C29H35N3O4. The zero-order valence-electron chi connectivity index (χ0n) is 21.2. The minimum Gasteiger partial charge on any atom is -0.462 e. The number of nitrogens with zero attached hydrogens (tertiary/aromatic N) is 2. The monoisotopic (exact) mass is 489 g/mol. The Hall–Kier alpha value is -3.22. The van der Waals surface area contributed by atoms with Crippen LogP contribution in [0.25, 0.3) is 17.3 Å². The van der Waals surface area contributed by atoms with Crippen LogP contribution in [0.3, 0.4) is 0 Å². The van der Waals surface area contributed by atoms with Crippen LogP contribution in [0.2, 0.25) is 0 Å². The molecule has 7 atom stereocenters. The molecule has 0 bridgehead atoms. The van der Waals surface area contributed by atoms with E-state index in [2.05, 4.69) is 33.5 Å². The van der Waals surface area contributed by atoms with Crippen LogP contribution in [0.5, 0.6) is 0 Å². The summed E-state index contributed by atoms with van der Waals surface area (Å²) in [6.45, 7) is 6.22. The average molecular weight is 490 g/mol. The van der Waals surface area contributed by atoms with Gasteiger partial charge in [0.2, 0.25) is 0 Å². The SMILES string of the molecule is CCOC(=O)N[C@@H]1CC[C@@H]2[C@@H](C1)C[C@H]1C(=O)O[C@H](C)[C@H]1[C@H]2/C=C/c1ccc(-c2ccc(C)cn2)cn1. The van der Waals surface area contributed by atoms with E-state index in [1.165, 1.54) is 0 Å². The fourth-order valence-corrected chi connectivity index (χ4v) is 6.59. The number of rotatable bonds is 5. The minimum absolute atomic E-state index is 0.0714. The summed E-state index contributed by atoms with van der Waals surface area (Å²) in [5.74, 6) is 1.08. The van der Waals surface area contributed by atoms with Crippen molar-refractivity contribution in [1.29, 1.82) is 0 Å². The van der Waals surface area contributed by atoms with Crippen molar-refractivity contribution in [2.75, 3.05) is 6.61 Å². The van der Waals surface area contributed by atoms with E-state index in [-0.39, 0.29) is 42.0 Å². The number of fused-ring (bicyclic) bond motifs is 2. The van der Waals surface area contributed by atoms with Gasteiger partial charge in [-0.25, -0.2) is 4.79 Å². The highest BCUT2D eigenvalue weighted by molar-refractivity contribution is 5.75. The first-order chi connectivity index (χ1) is 17.4. The van der Waals surface area contributed by atoms with Crippen LogP contribution >= 0.6 is 0 Å². The molecule has 2 aliphatic carbocycles. The van der Waals surface area contributed by atoms with Gasteiger partial charge in [-0.3, -0.25) is 14.8 Å². The van der Waals surface area contributed by atoms with E-state index in [4.69, 9.17) is 9.47 Å². The molecule has 2 aromatic heterocycles. The Kier molecular flexibility index (Phi) is 7.08. The van der Waals surface area contributed by atoms with Crippen LogP contribution in [0, 0.1) is 36.5 Å². The van der Waals surface area contributed by atoms with E-state index in [0.29, 0.717) is 18.4 Å². The molecule has 0 aromatic carbocycles. The Labute approximate surface area is 212 Å². The van der Waals surface area contributed by atoms with Gasteiger partial charge in [0.25, 0.3) is 0 Å². The number of aromatic nitrogens is 2. The Morgan fingerprint density at radius 3 is 2.75 bits per heavy atom. The van der Waals surface area contributed by atoms with E-state index in [0.717, 1.165) is 48.2 Å². The van der Waals surface area contributed by atoms with E-state index < -0.39 is 0 Å². The predicted octanol–water partition coefficient (Wildman–Crippen LogP) is 5.19. The van der Waals surface area contributed by atoms with Crippen molar-refractivity contribution in [3.8, 4) is 11.3 Å². The molecule has 1 N–H and O–H groups in total. The third-order valence-electron chi connectivity index (χ3n) is 8.23. The number of pyridine rings is 2. The number of aryl methyl sites for hydroxylation is 1. The van der Waals surface area contributed by atoms with E-state index in [9.17, 15) is 9.59 Å². The summed E-state index contributed by atoms with van der Waals surface area (Å²) in [4.78, 5) is 33.8. The molecule has 36 heavy (non-hydrogen) atoms. The van der Waals surface area contributed by atoms with Crippen LogP contribution in [0.4, 0.5) is 4.79 Å². The maximum Gasteiger partial charge on any atom is 0.407 e. The van der Waals surface area contributed by atoms with Crippen molar-refractivity contribution in [3.05, 3.63) is 54.0 Å². The number of esters is 1. The van der Waals surface area contributed by atoms with Crippen molar-refractivity contribution in [3.63, 3.8) is 0 Å². The normalized spacial score (nSPS) is 31.4. The second kappa shape index (κ2) is 10.4. The molecule has 190 valence electrons. The van der Waals surface area contributed by atoms with E-state index >= 15 is 0 Å². The molecule has 0 spiro atoms. The van der Waals surface area contributed by atoms with Crippen molar-refractivity contribution >= 4 is 18.1 Å². The summed E-state index contributed by atoms with van der Waals surface area (Å²) >= 11 is 0. The molecule has 7 nitrogen and oxygen atoms in total. The Balaban J connectivity index is 1.33. The van der Waals surface area contributed by atoms with Gasteiger partial charge in [-0.15, -0.1) is 0 Å². The third kappa shape index (κ3) is 5.01. The van der Waals surface area contributed by atoms with Crippen LogP contribution in [-0.2, 0) is 14.3 Å². The van der Waals surface area contributed by atoms with Gasteiger partial charge in [-0.2, -0.15) is 0 Å². The lowest BCUT2D eigenvalue weighted by atomic mass is 9.57. The second-order valence-corrected chi connectivity index (χ2v) is 10.5. The maximum atomic E-state index is 12.7. The van der Waals surface area contributed by atoms with Gasteiger partial charge in [0.05, 0.1) is 23.9 Å². The molecule has 3 aliphatic rings. The first-order valence-electron chi connectivity index (χ1n) is 13.1. The van der Waals surface area contributed by atoms with Gasteiger partial charge in [0.1, 0.15) is 6.10 Å². The molecule has 3 fully saturated rings. The summed E-state index contributed by atoms with van der Waals surface area (Å²) in [5.41, 5.74) is 3.91. The molecule has 3 heterocycles. The third-order valence-corrected chi connectivity index (χ3v) is 8.23. The average Bonchev–Trinajstić information content (AvgIpc) is 3.15. The Morgan fingerprint density at radius 1 is 1.17 bits per heavy atom. The van der Waals surface area contributed by atoms with Crippen molar-refractivity contribution in [2.24, 2.45) is 29.6 Å². The largest absolute Gasteiger partial charge is 0.462 e. The predicted molar refractivity (Wildman–Crippen MR) is 137 cm³/mol. The van der Waals surface area contributed by atoms with E-state index in [1.807, 2.05) is 51.4 Å². The molecule has 5 rings (SSSR count). The van der Waals surface area contributed by atoms with Gasteiger partial charge in [-0.1, -0.05) is 12.1 Å². The molecule has 0 unspecified atom stereocenters. The standard InChI is InChI=1S/C29H35N3O4/c1-4-35-29(34)32-22-9-10-23-20(13-22)14-25-27(18(3)36-28(25)33)24(23)11-8-21-7-6-19(16-30-21)26-12-5-17(2)15-31-26/h5-8,11-12,15-16,18,20,22-25,27H,4,9-10,13-14H2,1-3H3,(H,32,34)/b11-8+/t18-,20+,22-,23-,24+,25-,27+/m1/s1. The number of hydrogen-bond acceptors (Lipinski definition) is 6. The molecule has 2 saturated carbocycles. The highest BCUT2D eigenvalue weighted by Gasteiger charge is 2.54. The number of hydrogen-bond donors (Lipinski definition) is 1. The number of cyclic esters (lactones) is 1. The molecule has 1 saturated heterocycles. The van der Waals surface area contributed by atoms with Gasteiger partial charge in [0, 0.05) is 29.9 Å². The molecular weight excluding hydrogens is 454 g/mol. The highest BCUT2D eigenvalue weighted by atomic mass is 16.6. The summed E-state index contributed by atoms with van der Waals surface area (Å²) < 4.78 is 10.8. The number of ether oxygens (including phenoxy) is 2. The van der Waals surface area contributed by atoms with Gasteiger partial charge < -0.3 is 14.8 Å². The summed E-state index contributed by atoms with van der Waals surface area (Å²) in [7, 11) is 0. The molecule has 1 aliphatic heterocycles. The Morgan fingerprint density at radius 2 is 2.03 bits per heavy atom. The smallest absolute Gasteiger partial charge is 0.407 e. The topological polar surface area (TPSA) is 90.4 Å². The summed E-state index contributed by atoms with van der Waals surface area (Å²) in [6.07, 6.45) is 11.3. The first kappa shape index (κ1) is 24.5. The van der Waals surface area contributed by atoms with Gasteiger partial charge >= 0.3 is 12.1 Å². The zero-order chi connectivity index (χ0) is 25.2. The number of alkyl carbamates (subject to hydrolysis) is 1. The van der Waals surface area contributed by atoms with Crippen LogP contribution in [0.1, 0.15) is 50.8 Å². The number of carbonyl (C=O) groups excluding carboxylic acids is 2. The van der Waals surface area contributed by atoms with Crippen molar-refractivity contribution in [1.82, 2.24) is 15.3 Å². The van der Waals surface area contributed by atoms with Gasteiger partial charge in [-0.05, 0) is 94.0 Å². The number of amides is 1. The first-order valence-corrected chi connectivity index (χ1v) is 13.1. The molecule has 0 radical (unpaired) electrons. The molecule has 7 heteroatoms. The lowest BCUT2D eigenvalue weighted by Gasteiger charge is -2.47. The van der Waals surface area contributed by atoms with E-state index in [1.54, 1.807) is 0 Å². The second-order valence-electron chi connectivity index (χ2n) is 10.5. The minimum atomic E-state index is -0.352. The zero-order valence-corrected chi connectivity index (χ0v) is 21.2. The van der Waals surface area contributed by atoms with Crippen molar-refractivity contribution < 1.29 is 19.1 Å². The quantitative estimate of drug-likeness (QED) is 0.581. The fraction of sp³-hybridized carbons (Fsp3) is 0.517. The lowest BCUT2D eigenvalue weighted by Crippen LogP contribution is -2.48. The van der Waals surface area contributed by atoms with Crippen LogP contribution < -0.4 is 5.32 Å². The molecule has 1 amide bonds. The number of nitrogens with one attached hydrogen (secondary N) is 1. The maximum absolute atomic E-state index is 12.7. The highest BCUT2D eigenvalue weighted by Crippen LogP contribution is 2.53. The van der Waals surface area contributed by atoms with Crippen LogP contribution in [0.15, 0.2) is 42.7 Å². The lowest BCUT2D eigenvalue weighted by molar-refractivity contribution is -0.144. The number of carbonyl (C=O) groups is 2. The van der Waals surface area contributed by atoms with Crippen LogP contribution in [-0.4, -0.2) is 40.8 Å². The number of allylic oxidation sites excluding steroid dienone is 1. The summed E-state index contributed by atoms with van der Waals surface area (Å²) in [6, 6.07) is 8.22. The fourth-order valence-electron chi connectivity index (χ4n) is 6.59. The molecule has 2 aromatic rings.